The monoisotopic (exact) mass is 830 g/mol. The molecule has 0 saturated heterocycles. The van der Waals surface area contributed by atoms with E-state index in [9.17, 15) is 0 Å². The van der Waals surface area contributed by atoms with Crippen molar-refractivity contribution in [2.45, 2.75) is 43.9 Å². The van der Waals surface area contributed by atoms with Crippen LogP contribution in [0.15, 0.2) is 182 Å². The molecule has 0 aromatic heterocycles. The SMILES string of the molecule is C[Si](C)(C)C1([Si](C)(C)C)c2cc3cc(N(c4ccccc4)c4ccccc4F)ccc3cc2-c2c1c1ccc(N(c3ccccc3)c3ccccc3F)cc1c1ccccc21. The third-order valence-corrected chi connectivity index (χ3v) is 23.0. The number of halogens is 2. The Labute approximate surface area is 359 Å². The van der Waals surface area contributed by atoms with Crippen LogP contribution >= 0.6 is 0 Å². The van der Waals surface area contributed by atoms with Crippen LogP contribution in [0.5, 0.6) is 0 Å². The normalized spacial score (nSPS) is 13.4. The Morgan fingerprint density at radius 2 is 0.885 bits per heavy atom. The van der Waals surface area contributed by atoms with Gasteiger partial charge in [0, 0.05) is 27.4 Å². The minimum absolute atomic E-state index is 0.187. The van der Waals surface area contributed by atoms with Crippen LogP contribution in [0.2, 0.25) is 39.3 Å². The smallest absolute Gasteiger partial charge is 0.147 e. The first-order valence-corrected chi connectivity index (χ1v) is 28.2. The molecule has 0 spiro atoms. The van der Waals surface area contributed by atoms with Crippen molar-refractivity contribution in [1.29, 1.82) is 0 Å². The summed E-state index contributed by atoms with van der Waals surface area (Å²) in [5.41, 5.74) is 10.2. The molecule has 6 heteroatoms. The molecule has 10 rings (SSSR count). The number of hydrogen-bond donors (Lipinski definition) is 0. The third-order valence-electron chi connectivity index (χ3n) is 13.0. The molecule has 61 heavy (non-hydrogen) atoms. The van der Waals surface area contributed by atoms with Gasteiger partial charge in [-0.1, -0.05) is 142 Å². The Hall–Kier alpha value is -6.35. The number of para-hydroxylation sites is 4. The molecule has 0 aliphatic heterocycles. The molecule has 0 heterocycles. The van der Waals surface area contributed by atoms with Crippen molar-refractivity contribution in [2.24, 2.45) is 0 Å². The fourth-order valence-corrected chi connectivity index (χ4v) is 24.1. The Morgan fingerprint density at radius 1 is 0.393 bits per heavy atom. The molecule has 0 fully saturated rings. The zero-order chi connectivity index (χ0) is 42.3. The van der Waals surface area contributed by atoms with Crippen molar-refractivity contribution in [2.75, 3.05) is 9.80 Å². The van der Waals surface area contributed by atoms with Crippen LogP contribution < -0.4 is 9.80 Å². The molecular weight excluding hydrogens is 783 g/mol. The highest BCUT2D eigenvalue weighted by atomic mass is 28.4. The fraction of sp³-hybridized carbons (Fsp3) is 0.127. The van der Waals surface area contributed by atoms with Crippen LogP contribution in [-0.4, -0.2) is 16.1 Å². The minimum Gasteiger partial charge on any atom is -0.308 e. The number of benzene rings is 9. The molecule has 0 unspecified atom stereocenters. The number of anilines is 6. The Morgan fingerprint density at radius 3 is 1.44 bits per heavy atom. The van der Waals surface area contributed by atoms with E-state index < -0.39 is 16.1 Å². The second kappa shape index (κ2) is 14.4. The van der Waals surface area contributed by atoms with E-state index in [2.05, 4.69) is 112 Å². The lowest BCUT2D eigenvalue weighted by Gasteiger charge is -2.51. The highest BCUT2D eigenvalue weighted by Crippen LogP contribution is 2.62. The topological polar surface area (TPSA) is 6.48 Å². The van der Waals surface area contributed by atoms with Crippen LogP contribution in [0, 0.1) is 11.6 Å². The highest BCUT2D eigenvalue weighted by Gasteiger charge is 2.60. The van der Waals surface area contributed by atoms with Crippen molar-refractivity contribution in [3.05, 3.63) is 205 Å². The molecule has 9 aromatic rings. The van der Waals surface area contributed by atoms with Gasteiger partial charge in [-0.15, -0.1) is 0 Å². The van der Waals surface area contributed by atoms with Gasteiger partial charge in [-0.25, -0.2) is 8.78 Å². The molecule has 2 nitrogen and oxygen atoms in total. The summed E-state index contributed by atoms with van der Waals surface area (Å²) < 4.78 is 31.3. The minimum atomic E-state index is -2.16. The van der Waals surface area contributed by atoms with E-state index in [1.165, 1.54) is 55.9 Å². The van der Waals surface area contributed by atoms with E-state index in [1.54, 1.807) is 12.1 Å². The molecule has 0 N–H and O–H groups in total. The summed E-state index contributed by atoms with van der Waals surface area (Å²) in [7, 11) is -4.32. The summed E-state index contributed by atoms with van der Waals surface area (Å²) >= 11 is 0. The van der Waals surface area contributed by atoms with Gasteiger partial charge < -0.3 is 9.80 Å². The summed E-state index contributed by atoms with van der Waals surface area (Å²) in [4.78, 5) is 4.07. The molecule has 1 aliphatic carbocycles. The first-order chi connectivity index (χ1) is 29.4. The quantitative estimate of drug-likeness (QED) is 0.111. The van der Waals surface area contributed by atoms with E-state index in [1.807, 2.05) is 94.7 Å². The van der Waals surface area contributed by atoms with Crippen LogP contribution in [0.1, 0.15) is 11.1 Å². The second-order valence-electron chi connectivity index (χ2n) is 18.4. The van der Waals surface area contributed by atoms with Gasteiger partial charge in [0.25, 0.3) is 0 Å². The maximum atomic E-state index is 15.8. The number of hydrogen-bond acceptors (Lipinski definition) is 2. The first kappa shape index (κ1) is 38.8. The second-order valence-corrected chi connectivity index (χ2v) is 29.4. The van der Waals surface area contributed by atoms with Gasteiger partial charge in [0.2, 0.25) is 0 Å². The summed E-state index contributed by atoms with van der Waals surface area (Å²) in [6.45, 7) is 15.4. The predicted molar refractivity (Wildman–Crippen MR) is 261 cm³/mol. The zero-order valence-electron chi connectivity index (χ0n) is 35.5. The lowest BCUT2D eigenvalue weighted by Crippen LogP contribution is -2.63. The van der Waals surface area contributed by atoms with Crippen molar-refractivity contribution < 1.29 is 8.78 Å². The van der Waals surface area contributed by atoms with Gasteiger partial charge in [0.15, 0.2) is 0 Å². The standard InChI is InChI=1S/C55H48F2N2Si2/c1-60(2,3)55(61(4,5)6)48-35-38-33-41(58(39-19-9-7-10-20-39)51-27-17-15-25-49(51)56)30-29-37(38)34-47(48)53-44-24-14-13-23-43(44)46-36-42(31-32-45(46)54(53)55)59(40-21-11-8-12-22-40)52-28-18-16-26-50(52)57/h7-36H,1-6H3. The van der Waals surface area contributed by atoms with Gasteiger partial charge in [-0.05, 0) is 133 Å². The molecule has 0 radical (unpaired) electrons. The van der Waals surface area contributed by atoms with Crippen LogP contribution in [-0.2, 0) is 4.66 Å². The molecule has 300 valence electrons. The lowest BCUT2D eigenvalue weighted by atomic mass is 9.90. The van der Waals surface area contributed by atoms with Crippen LogP contribution in [0.25, 0.3) is 43.4 Å². The summed E-state index contributed by atoms with van der Waals surface area (Å²) in [6, 6.07) is 61.4. The molecular formula is C55H48F2N2Si2. The highest BCUT2D eigenvalue weighted by molar-refractivity contribution is 7.00. The van der Waals surface area contributed by atoms with Crippen LogP contribution in [0.3, 0.4) is 0 Å². The van der Waals surface area contributed by atoms with Gasteiger partial charge in [0.1, 0.15) is 11.6 Å². The van der Waals surface area contributed by atoms with E-state index in [-0.39, 0.29) is 16.3 Å². The fourth-order valence-electron chi connectivity index (χ4n) is 11.0. The summed E-state index contributed by atoms with van der Waals surface area (Å²) in [5, 5.41) is 7.16. The van der Waals surface area contributed by atoms with Crippen molar-refractivity contribution in [1.82, 2.24) is 0 Å². The molecule has 0 saturated carbocycles. The number of fused-ring (bicyclic) bond motifs is 9. The molecule has 0 bridgehead atoms. The van der Waals surface area contributed by atoms with Gasteiger partial charge >= 0.3 is 0 Å². The van der Waals surface area contributed by atoms with Crippen LogP contribution in [0.4, 0.5) is 42.9 Å². The van der Waals surface area contributed by atoms with E-state index in [0.29, 0.717) is 11.4 Å². The Bertz CT molecular complexity index is 3140. The average molecular weight is 831 g/mol. The molecule has 0 amide bonds. The van der Waals surface area contributed by atoms with Gasteiger partial charge in [0.05, 0.1) is 27.5 Å². The van der Waals surface area contributed by atoms with E-state index in [4.69, 9.17) is 0 Å². The predicted octanol–water partition coefficient (Wildman–Crippen LogP) is 16.4. The van der Waals surface area contributed by atoms with Gasteiger partial charge in [-0.2, -0.15) is 0 Å². The molecule has 9 aromatic carbocycles. The van der Waals surface area contributed by atoms with E-state index >= 15 is 8.78 Å². The number of rotatable bonds is 8. The largest absolute Gasteiger partial charge is 0.308 e. The Kier molecular flexibility index (Phi) is 9.16. The first-order valence-electron chi connectivity index (χ1n) is 21.2. The van der Waals surface area contributed by atoms with Gasteiger partial charge in [-0.3, -0.25) is 0 Å². The third kappa shape index (κ3) is 5.99. The summed E-state index contributed by atoms with van der Waals surface area (Å²) in [6.07, 6.45) is 0. The number of nitrogens with zero attached hydrogens (tertiary/aromatic N) is 2. The molecule has 0 atom stereocenters. The van der Waals surface area contributed by atoms with Crippen molar-refractivity contribution in [3.8, 4) is 11.1 Å². The van der Waals surface area contributed by atoms with Crippen molar-refractivity contribution in [3.63, 3.8) is 0 Å². The maximum Gasteiger partial charge on any atom is 0.147 e. The zero-order valence-corrected chi connectivity index (χ0v) is 37.5. The van der Waals surface area contributed by atoms with Crippen molar-refractivity contribution >= 4 is 82.6 Å². The molecule has 1 aliphatic rings. The van der Waals surface area contributed by atoms with E-state index in [0.717, 1.165) is 33.5 Å². The summed E-state index contributed by atoms with van der Waals surface area (Å²) in [5.74, 6) is -0.539. The Balaban J connectivity index is 1.27. The maximum absolute atomic E-state index is 15.8. The lowest BCUT2D eigenvalue weighted by molar-refractivity contribution is 0.628. The average Bonchev–Trinajstić information content (AvgIpc) is 3.57.